The van der Waals surface area contributed by atoms with Crippen LogP contribution in [-0.2, 0) is 4.79 Å². The quantitative estimate of drug-likeness (QED) is 0.199. The second-order valence-corrected chi connectivity index (χ2v) is 9.03. The van der Waals surface area contributed by atoms with Gasteiger partial charge >= 0.3 is 0 Å². The molecule has 176 valence electrons. The number of ether oxygens (including phenoxy) is 1. The van der Waals surface area contributed by atoms with E-state index >= 15 is 0 Å². The Balaban J connectivity index is 1.54. The molecule has 1 aliphatic carbocycles. The van der Waals surface area contributed by atoms with Gasteiger partial charge in [0.1, 0.15) is 12.1 Å². The van der Waals surface area contributed by atoms with E-state index in [9.17, 15) is 4.79 Å². The van der Waals surface area contributed by atoms with Crippen LogP contribution in [-0.4, -0.2) is 20.7 Å². The number of carbonyl (C=O) groups is 1. The van der Waals surface area contributed by atoms with Crippen LogP contribution in [0.15, 0.2) is 79.9 Å². The molecule has 1 saturated carbocycles. The summed E-state index contributed by atoms with van der Waals surface area (Å²) in [5.74, 6) is 1.60. The lowest BCUT2D eigenvalue weighted by atomic mass is 9.83. The van der Waals surface area contributed by atoms with Crippen LogP contribution < -0.4 is 10.5 Å². The van der Waals surface area contributed by atoms with E-state index in [0.29, 0.717) is 17.3 Å². The average Bonchev–Trinajstić information content (AvgIpc) is 3.16. The fraction of sp³-hybridized carbons (Fsp3) is 0.241. The maximum absolute atomic E-state index is 12.5. The molecule has 2 N–H and O–H groups in total. The Kier molecular flexibility index (Phi) is 6.53. The molecule has 4 aromatic rings. The van der Waals surface area contributed by atoms with Gasteiger partial charge in [-0.05, 0) is 66.6 Å². The van der Waals surface area contributed by atoms with Crippen molar-refractivity contribution in [2.24, 2.45) is 5.92 Å². The summed E-state index contributed by atoms with van der Waals surface area (Å²) in [5.41, 5.74) is 11.2. The highest BCUT2D eigenvalue weighted by Gasteiger charge is 2.27. The molecule has 1 fully saturated rings. The molecule has 6 nitrogen and oxygen atoms in total. The summed E-state index contributed by atoms with van der Waals surface area (Å²) in [7, 11) is 0. The van der Waals surface area contributed by atoms with Gasteiger partial charge in [-0.2, -0.15) is 0 Å². The minimum absolute atomic E-state index is 0.000851. The number of fused-ring (bicyclic) bond motifs is 1. The zero-order valence-electron chi connectivity index (χ0n) is 19.6. The Morgan fingerprint density at radius 2 is 1.91 bits per heavy atom. The van der Waals surface area contributed by atoms with Gasteiger partial charge in [0.25, 0.3) is 0 Å². The second-order valence-electron chi connectivity index (χ2n) is 9.03. The van der Waals surface area contributed by atoms with Crippen molar-refractivity contribution in [3.63, 3.8) is 0 Å². The van der Waals surface area contributed by atoms with Crippen molar-refractivity contribution >= 4 is 22.4 Å². The monoisotopic (exact) mass is 464 g/mol. The van der Waals surface area contributed by atoms with Crippen LogP contribution in [0.4, 0.5) is 5.69 Å². The van der Waals surface area contributed by atoms with E-state index in [2.05, 4.69) is 27.6 Å². The normalized spacial score (nSPS) is 18.1. The Hall–Kier alpha value is -4.06. The average molecular weight is 465 g/mol. The van der Waals surface area contributed by atoms with Gasteiger partial charge in [0.15, 0.2) is 5.78 Å². The van der Waals surface area contributed by atoms with Crippen molar-refractivity contribution in [2.45, 2.75) is 38.0 Å². The van der Waals surface area contributed by atoms with Gasteiger partial charge in [0.2, 0.25) is 5.88 Å². The SMILES string of the molecule is C=CC(=O)C1CCCCC(c2cc(-c3ccc(Oc4ccccn4)cc3)c(N)c3cncnc23)C1. The molecule has 5 rings (SSSR count). The van der Waals surface area contributed by atoms with Crippen molar-refractivity contribution in [3.8, 4) is 22.8 Å². The van der Waals surface area contributed by atoms with Crippen LogP contribution in [0.25, 0.3) is 22.0 Å². The zero-order chi connectivity index (χ0) is 24.2. The fourth-order valence-corrected chi connectivity index (χ4v) is 5.05. The maximum atomic E-state index is 12.5. The van der Waals surface area contributed by atoms with Gasteiger partial charge in [-0.15, -0.1) is 0 Å². The van der Waals surface area contributed by atoms with Crippen LogP contribution >= 0.6 is 0 Å². The molecule has 0 bridgehead atoms. The van der Waals surface area contributed by atoms with Gasteiger partial charge in [0.05, 0.1) is 11.2 Å². The number of anilines is 1. The van der Waals surface area contributed by atoms with Crippen LogP contribution in [0.5, 0.6) is 11.6 Å². The van der Waals surface area contributed by atoms with Gasteiger partial charge in [-0.25, -0.2) is 15.0 Å². The summed E-state index contributed by atoms with van der Waals surface area (Å²) in [6, 6.07) is 15.5. The van der Waals surface area contributed by atoms with Gasteiger partial charge < -0.3 is 10.5 Å². The molecule has 2 unspecified atom stereocenters. The van der Waals surface area contributed by atoms with Crippen LogP contribution in [0.2, 0.25) is 0 Å². The second kappa shape index (κ2) is 10.1. The van der Waals surface area contributed by atoms with Crippen molar-refractivity contribution in [2.75, 3.05) is 5.73 Å². The summed E-state index contributed by atoms with van der Waals surface area (Å²) in [5, 5.41) is 0.838. The summed E-state index contributed by atoms with van der Waals surface area (Å²) in [6.07, 6.45) is 11.4. The third-order valence-electron chi connectivity index (χ3n) is 6.86. The Bertz CT molecular complexity index is 1350. The minimum Gasteiger partial charge on any atom is -0.439 e. The van der Waals surface area contributed by atoms with E-state index in [4.69, 9.17) is 10.5 Å². The molecule has 2 atom stereocenters. The smallest absolute Gasteiger partial charge is 0.219 e. The lowest BCUT2D eigenvalue weighted by Gasteiger charge is -2.22. The summed E-state index contributed by atoms with van der Waals surface area (Å²) < 4.78 is 5.84. The lowest BCUT2D eigenvalue weighted by molar-refractivity contribution is -0.118. The molecule has 0 spiro atoms. The van der Waals surface area contributed by atoms with E-state index < -0.39 is 0 Å². The zero-order valence-corrected chi connectivity index (χ0v) is 19.6. The van der Waals surface area contributed by atoms with Gasteiger partial charge in [-0.1, -0.05) is 37.6 Å². The van der Waals surface area contributed by atoms with Crippen LogP contribution in [0.1, 0.15) is 43.6 Å². The third kappa shape index (κ3) is 4.78. The van der Waals surface area contributed by atoms with E-state index in [0.717, 1.165) is 59.7 Å². The molecule has 0 amide bonds. The van der Waals surface area contributed by atoms with Gasteiger partial charge in [0, 0.05) is 35.3 Å². The number of aromatic nitrogens is 3. The molecular formula is C29H28N4O2. The fourth-order valence-electron chi connectivity index (χ4n) is 5.05. The predicted molar refractivity (Wildman–Crippen MR) is 138 cm³/mol. The predicted octanol–water partition coefficient (Wildman–Crippen LogP) is 6.49. The van der Waals surface area contributed by atoms with Crippen LogP contribution in [0.3, 0.4) is 0 Å². The van der Waals surface area contributed by atoms with E-state index in [1.54, 1.807) is 18.7 Å². The largest absolute Gasteiger partial charge is 0.439 e. The first-order valence-corrected chi connectivity index (χ1v) is 12.0. The van der Waals surface area contributed by atoms with Crippen molar-refractivity contribution in [1.29, 1.82) is 0 Å². The standard InChI is InChI=1S/C29H28N4O2/c1-2-26(34)21-8-4-3-7-20(15-21)24-16-23(28(30)25-17-31-18-33-29(24)25)19-10-12-22(13-11-19)35-27-9-5-6-14-32-27/h2,5-6,9-14,16-18,20-21H,1,3-4,7-8,15,30H2. The van der Waals surface area contributed by atoms with Crippen molar-refractivity contribution < 1.29 is 9.53 Å². The Labute approximate surface area is 204 Å². The highest BCUT2D eigenvalue weighted by Crippen LogP contribution is 2.42. The number of allylic oxidation sites excluding steroid dienone is 1. The summed E-state index contributed by atoms with van der Waals surface area (Å²) >= 11 is 0. The van der Waals surface area contributed by atoms with Gasteiger partial charge in [-0.3, -0.25) is 4.79 Å². The third-order valence-corrected chi connectivity index (χ3v) is 6.86. The number of nitrogens with two attached hydrogens (primary N) is 1. The molecule has 2 heterocycles. The maximum Gasteiger partial charge on any atom is 0.219 e. The molecule has 1 aliphatic rings. The molecule has 2 aromatic heterocycles. The van der Waals surface area contributed by atoms with E-state index in [1.807, 2.05) is 42.5 Å². The molecule has 0 aliphatic heterocycles. The Morgan fingerprint density at radius 1 is 1.09 bits per heavy atom. The molecule has 2 aromatic carbocycles. The van der Waals surface area contributed by atoms with Crippen molar-refractivity contribution in [1.82, 2.24) is 15.0 Å². The molecule has 35 heavy (non-hydrogen) atoms. The van der Waals surface area contributed by atoms with Crippen molar-refractivity contribution in [3.05, 3.63) is 85.5 Å². The molecular weight excluding hydrogens is 436 g/mol. The number of ketones is 1. The number of rotatable bonds is 6. The summed E-state index contributed by atoms with van der Waals surface area (Å²) in [6.45, 7) is 3.71. The van der Waals surface area contributed by atoms with Crippen LogP contribution in [0, 0.1) is 5.92 Å². The number of nitrogen functional groups attached to an aromatic ring is 1. The number of hydrogen-bond donors (Lipinski definition) is 1. The van der Waals surface area contributed by atoms with E-state index in [1.165, 1.54) is 6.08 Å². The topological polar surface area (TPSA) is 91.0 Å². The first-order chi connectivity index (χ1) is 17.1. The number of pyridine rings is 1. The minimum atomic E-state index is 0.000851. The highest BCUT2D eigenvalue weighted by molar-refractivity contribution is 6.00. The Morgan fingerprint density at radius 3 is 2.69 bits per heavy atom. The summed E-state index contributed by atoms with van der Waals surface area (Å²) in [4.78, 5) is 25.6. The highest BCUT2D eigenvalue weighted by atomic mass is 16.5. The number of carbonyl (C=O) groups excluding carboxylic acids is 1. The molecule has 0 saturated heterocycles. The molecule has 0 radical (unpaired) electrons. The van der Waals surface area contributed by atoms with E-state index in [-0.39, 0.29) is 17.6 Å². The first-order valence-electron chi connectivity index (χ1n) is 12.0. The number of nitrogens with zero attached hydrogens (tertiary/aromatic N) is 3. The number of benzene rings is 2. The first kappa shape index (κ1) is 22.7. The molecule has 6 heteroatoms. The lowest BCUT2D eigenvalue weighted by Crippen LogP contribution is -2.14. The number of hydrogen-bond acceptors (Lipinski definition) is 6.